The van der Waals surface area contributed by atoms with Crippen LogP contribution in [0.15, 0.2) is 36.5 Å². The number of benzene rings is 1. The number of carbonyl (C=O) groups is 1. The van der Waals surface area contributed by atoms with Gasteiger partial charge in [-0.3, -0.25) is 9.88 Å². The Bertz CT molecular complexity index is 1620. The van der Waals surface area contributed by atoms with Gasteiger partial charge in [-0.1, -0.05) is 23.7 Å². The number of alkyl halides is 6. The Hall–Kier alpha value is -3.36. The number of pyridine rings is 2. The highest BCUT2D eigenvalue weighted by atomic mass is 35.5. The highest BCUT2D eigenvalue weighted by Crippen LogP contribution is 2.45. The number of aromatic nitrogens is 2. The van der Waals surface area contributed by atoms with Gasteiger partial charge in [-0.2, -0.15) is 26.3 Å². The maximum Gasteiger partial charge on any atom is 0.433 e. The standard InChI is InChI=1S/C32H35ClF6N4O4/c1-29(2,3)47-28(44)43-15-21(16-43)30(45,20-6-8-25(40-14-20)32(37,38)39)19-5-7-24-22(13-19)26(33)23(27(41-24)46-4)17-42-11-9-18(10-12-42)31(34,35)36/h5-8,13-14,18,21,45H,9-12,15-17H2,1-4H3. The molecule has 0 spiro atoms. The van der Waals surface area contributed by atoms with Gasteiger partial charge in [0.2, 0.25) is 5.88 Å². The lowest BCUT2D eigenvalue weighted by atomic mass is 9.72. The van der Waals surface area contributed by atoms with Gasteiger partial charge in [-0.05, 0) is 70.5 Å². The van der Waals surface area contributed by atoms with Crippen molar-refractivity contribution in [3.8, 4) is 5.88 Å². The Morgan fingerprint density at radius 1 is 1.00 bits per heavy atom. The average Bonchev–Trinajstić information content (AvgIpc) is 2.96. The molecule has 2 saturated heterocycles. The third-order valence-electron chi connectivity index (χ3n) is 8.66. The van der Waals surface area contributed by atoms with Crippen LogP contribution in [0, 0.1) is 11.8 Å². The summed E-state index contributed by atoms with van der Waals surface area (Å²) in [5.41, 5.74) is -2.61. The molecule has 3 aromatic rings. The van der Waals surface area contributed by atoms with E-state index in [0.29, 0.717) is 16.5 Å². The number of amides is 1. The zero-order valence-electron chi connectivity index (χ0n) is 26.2. The number of methoxy groups -OCH3 is 1. The van der Waals surface area contributed by atoms with E-state index in [1.54, 1.807) is 39.0 Å². The van der Waals surface area contributed by atoms with Gasteiger partial charge in [-0.25, -0.2) is 9.78 Å². The van der Waals surface area contributed by atoms with Gasteiger partial charge >= 0.3 is 18.4 Å². The minimum Gasteiger partial charge on any atom is -0.481 e. The van der Waals surface area contributed by atoms with Crippen molar-refractivity contribution in [3.05, 3.63) is 63.9 Å². The maximum atomic E-state index is 13.3. The number of fused-ring (bicyclic) bond motifs is 1. The fourth-order valence-corrected chi connectivity index (χ4v) is 6.36. The van der Waals surface area contributed by atoms with E-state index in [2.05, 4.69) is 9.97 Å². The first-order valence-electron chi connectivity index (χ1n) is 15.0. The van der Waals surface area contributed by atoms with Crippen molar-refractivity contribution < 1.29 is 45.7 Å². The van der Waals surface area contributed by atoms with E-state index < -0.39 is 47.2 Å². The highest BCUT2D eigenvalue weighted by Gasteiger charge is 2.49. The molecule has 2 aliphatic rings. The van der Waals surface area contributed by atoms with E-state index >= 15 is 0 Å². The van der Waals surface area contributed by atoms with E-state index in [1.807, 2.05) is 4.90 Å². The van der Waals surface area contributed by atoms with Gasteiger partial charge in [-0.15, -0.1) is 0 Å². The Morgan fingerprint density at radius 3 is 2.17 bits per heavy atom. The lowest BCUT2D eigenvalue weighted by Gasteiger charge is -2.48. The average molecular weight is 689 g/mol. The SMILES string of the molecule is COc1nc2ccc(C(O)(c3ccc(C(F)(F)F)nc3)C3CN(C(=O)OC(C)(C)C)C3)cc2c(Cl)c1CN1CCC(C(F)(F)F)CC1. The Labute approximate surface area is 272 Å². The molecule has 0 bridgehead atoms. The molecule has 1 amide bonds. The summed E-state index contributed by atoms with van der Waals surface area (Å²) in [6, 6.07) is 6.67. The van der Waals surface area contributed by atoms with Crippen LogP contribution in [0.25, 0.3) is 10.9 Å². The van der Waals surface area contributed by atoms with Crippen LogP contribution in [0.4, 0.5) is 31.1 Å². The lowest BCUT2D eigenvalue weighted by molar-refractivity contribution is -0.185. The number of hydrogen-bond donors (Lipinski definition) is 1. The predicted octanol–water partition coefficient (Wildman–Crippen LogP) is 7.19. The van der Waals surface area contributed by atoms with Crippen molar-refractivity contribution in [1.82, 2.24) is 19.8 Å². The van der Waals surface area contributed by atoms with Crippen LogP contribution in [0.1, 0.15) is 56.0 Å². The second kappa shape index (κ2) is 12.6. The number of aliphatic hydroxyl groups is 1. The number of piperidine rings is 1. The van der Waals surface area contributed by atoms with Crippen molar-refractivity contribution >= 4 is 28.6 Å². The Balaban J connectivity index is 1.51. The van der Waals surface area contributed by atoms with Gasteiger partial charge in [0.15, 0.2) is 0 Å². The molecule has 2 fully saturated rings. The molecule has 15 heteroatoms. The number of hydrogen-bond acceptors (Lipinski definition) is 7. The van der Waals surface area contributed by atoms with Crippen LogP contribution < -0.4 is 4.74 Å². The first-order chi connectivity index (χ1) is 21.8. The van der Waals surface area contributed by atoms with Gasteiger partial charge in [0.05, 0.1) is 23.6 Å². The van der Waals surface area contributed by atoms with Crippen molar-refractivity contribution in [2.24, 2.45) is 11.8 Å². The smallest absolute Gasteiger partial charge is 0.433 e. The Morgan fingerprint density at radius 2 is 1.64 bits per heavy atom. The van der Waals surface area contributed by atoms with E-state index in [9.17, 15) is 36.2 Å². The molecule has 0 saturated carbocycles. The summed E-state index contributed by atoms with van der Waals surface area (Å²) in [6.45, 7) is 5.78. The van der Waals surface area contributed by atoms with Crippen molar-refractivity contribution in [2.45, 2.75) is 63.7 Å². The molecule has 0 aliphatic carbocycles. The summed E-state index contributed by atoms with van der Waals surface area (Å²) in [6.07, 6.45) is -8.68. The topological polar surface area (TPSA) is 88.0 Å². The van der Waals surface area contributed by atoms with Gasteiger partial charge in [0, 0.05) is 48.3 Å². The monoisotopic (exact) mass is 688 g/mol. The van der Waals surface area contributed by atoms with Gasteiger partial charge in [0.1, 0.15) is 16.9 Å². The van der Waals surface area contributed by atoms with E-state index in [1.165, 1.54) is 12.0 Å². The quantitative estimate of drug-likeness (QED) is 0.275. The molecule has 8 nitrogen and oxygen atoms in total. The minimum atomic E-state index is -4.69. The van der Waals surface area contributed by atoms with Crippen LogP contribution in [0.5, 0.6) is 5.88 Å². The van der Waals surface area contributed by atoms with E-state index in [0.717, 1.165) is 18.3 Å². The molecule has 2 aromatic heterocycles. The molecule has 1 unspecified atom stereocenters. The third-order valence-corrected chi connectivity index (χ3v) is 9.09. The zero-order chi connectivity index (χ0) is 34.5. The summed E-state index contributed by atoms with van der Waals surface area (Å²) in [5.74, 6) is -1.84. The second-order valence-electron chi connectivity index (χ2n) is 13.0. The molecule has 256 valence electrons. The summed E-state index contributed by atoms with van der Waals surface area (Å²) < 4.78 is 90.6. The number of nitrogens with zero attached hydrogens (tertiary/aromatic N) is 4. The van der Waals surface area contributed by atoms with E-state index in [-0.39, 0.29) is 67.6 Å². The summed E-state index contributed by atoms with van der Waals surface area (Å²) in [7, 11) is 1.40. The fourth-order valence-electron chi connectivity index (χ4n) is 6.07. The lowest BCUT2D eigenvalue weighted by Crippen LogP contribution is -2.59. The number of ether oxygens (including phenoxy) is 2. The normalized spacial score (nSPS) is 18.6. The van der Waals surface area contributed by atoms with Crippen LogP contribution in [0.2, 0.25) is 5.02 Å². The molecule has 0 radical (unpaired) electrons. The number of likely N-dealkylation sites (tertiary alicyclic amines) is 2. The van der Waals surface area contributed by atoms with Gasteiger partial charge in [0.25, 0.3) is 0 Å². The summed E-state index contributed by atoms with van der Waals surface area (Å²) in [5, 5.41) is 13.0. The molecule has 5 rings (SSSR count). The van der Waals surface area contributed by atoms with Crippen LogP contribution in [-0.2, 0) is 23.1 Å². The molecule has 47 heavy (non-hydrogen) atoms. The highest BCUT2D eigenvalue weighted by molar-refractivity contribution is 6.36. The number of rotatable bonds is 6. The molecular weight excluding hydrogens is 654 g/mol. The van der Waals surface area contributed by atoms with Crippen molar-refractivity contribution in [1.29, 1.82) is 0 Å². The van der Waals surface area contributed by atoms with E-state index in [4.69, 9.17) is 21.1 Å². The molecule has 4 heterocycles. The predicted molar refractivity (Wildman–Crippen MR) is 161 cm³/mol. The Kier molecular flexibility index (Phi) is 9.36. The largest absolute Gasteiger partial charge is 0.481 e. The van der Waals surface area contributed by atoms with Gasteiger partial charge < -0.3 is 19.5 Å². The summed E-state index contributed by atoms with van der Waals surface area (Å²) >= 11 is 6.92. The minimum absolute atomic E-state index is 0.0399. The maximum absolute atomic E-state index is 13.3. The molecular formula is C32H35ClF6N4O4. The molecule has 1 N–H and O–H groups in total. The molecule has 1 atom stereocenters. The molecule has 2 aliphatic heterocycles. The number of halogens is 7. The summed E-state index contributed by atoms with van der Waals surface area (Å²) in [4.78, 5) is 24.0. The van der Waals surface area contributed by atoms with Crippen LogP contribution >= 0.6 is 11.6 Å². The zero-order valence-corrected chi connectivity index (χ0v) is 26.9. The first kappa shape index (κ1) is 35.0. The first-order valence-corrected chi connectivity index (χ1v) is 15.4. The van der Waals surface area contributed by atoms with Crippen molar-refractivity contribution in [2.75, 3.05) is 33.3 Å². The number of carbonyl (C=O) groups excluding carboxylic acids is 1. The third kappa shape index (κ3) is 7.24. The fraction of sp³-hybridized carbons (Fsp3) is 0.531. The van der Waals surface area contributed by atoms with Crippen molar-refractivity contribution in [3.63, 3.8) is 0 Å². The second-order valence-corrected chi connectivity index (χ2v) is 13.4. The molecule has 1 aromatic carbocycles. The van der Waals surface area contributed by atoms with Crippen LogP contribution in [-0.4, -0.2) is 76.0 Å². The van der Waals surface area contributed by atoms with Crippen LogP contribution in [0.3, 0.4) is 0 Å².